The number of hydrogen-bond acceptors (Lipinski definition) is 5. The Kier molecular flexibility index (Phi) is 3.69. The zero-order valence-electron chi connectivity index (χ0n) is 11.3. The molecule has 0 unspecified atom stereocenters. The topological polar surface area (TPSA) is 52.8 Å². The zero-order chi connectivity index (χ0) is 15.0. The van der Waals surface area contributed by atoms with Gasteiger partial charge in [0.05, 0.1) is 14.2 Å². The van der Waals surface area contributed by atoms with E-state index in [2.05, 4.69) is 20.9 Å². The van der Waals surface area contributed by atoms with E-state index in [1.165, 1.54) is 11.3 Å². The number of benzene rings is 1. The van der Waals surface area contributed by atoms with Gasteiger partial charge >= 0.3 is 0 Å². The number of rotatable bonds is 4. The number of fused-ring (bicyclic) bond motifs is 1. The third-order valence-corrected chi connectivity index (χ3v) is 4.55. The smallest absolute Gasteiger partial charge is 0.194 e. The van der Waals surface area contributed by atoms with Gasteiger partial charge in [0, 0.05) is 21.6 Å². The van der Waals surface area contributed by atoms with E-state index < -0.39 is 0 Å². The molecule has 0 atom stereocenters. The average Bonchev–Trinajstić information content (AvgIpc) is 3.07. The van der Waals surface area contributed by atoms with E-state index >= 15 is 0 Å². The van der Waals surface area contributed by atoms with Gasteiger partial charge in [-0.05, 0) is 28.1 Å². The molecule has 0 amide bonds. The number of methoxy groups -OCH3 is 2. The number of carbonyl (C=O) groups is 1. The van der Waals surface area contributed by atoms with Gasteiger partial charge in [-0.2, -0.15) is 0 Å². The van der Waals surface area contributed by atoms with Crippen LogP contribution < -0.4 is 9.47 Å². The van der Waals surface area contributed by atoms with Crippen molar-refractivity contribution in [3.8, 4) is 22.8 Å². The average molecular weight is 367 g/mol. The molecule has 0 N–H and O–H groups in total. The zero-order valence-corrected chi connectivity index (χ0v) is 13.7. The van der Waals surface area contributed by atoms with Crippen LogP contribution in [0.4, 0.5) is 0 Å². The molecule has 0 saturated heterocycles. The number of aromatic nitrogens is 2. The fraction of sp³-hybridized carbons (Fsp3) is 0.143. The summed E-state index contributed by atoms with van der Waals surface area (Å²) in [7, 11) is 3.15. The third-order valence-electron chi connectivity index (χ3n) is 3.14. The Balaban J connectivity index is 2.26. The monoisotopic (exact) mass is 366 g/mol. The Hall–Kier alpha value is -1.86. The lowest BCUT2D eigenvalue weighted by Crippen LogP contribution is -1.94. The summed E-state index contributed by atoms with van der Waals surface area (Å²) in [6.45, 7) is 0. The molecule has 21 heavy (non-hydrogen) atoms. The fourth-order valence-electron chi connectivity index (χ4n) is 2.15. The second-order valence-electron chi connectivity index (χ2n) is 4.21. The number of halogens is 1. The first-order valence-electron chi connectivity index (χ1n) is 6.02. The predicted octanol–water partition coefficient (Wildman–Crippen LogP) is 3.66. The van der Waals surface area contributed by atoms with Gasteiger partial charge in [-0.1, -0.05) is 0 Å². The van der Waals surface area contributed by atoms with Crippen molar-refractivity contribution in [1.82, 2.24) is 9.38 Å². The van der Waals surface area contributed by atoms with Crippen LogP contribution in [0.15, 0.2) is 28.2 Å². The van der Waals surface area contributed by atoms with Crippen LogP contribution in [0.1, 0.15) is 10.5 Å². The molecule has 0 fully saturated rings. The Labute approximate surface area is 133 Å². The van der Waals surface area contributed by atoms with Crippen LogP contribution in [0.5, 0.6) is 11.5 Å². The van der Waals surface area contributed by atoms with E-state index in [0.717, 1.165) is 21.3 Å². The lowest BCUT2D eigenvalue weighted by atomic mass is 10.1. The summed E-state index contributed by atoms with van der Waals surface area (Å²) < 4.78 is 13.1. The van der Waals surface area contributed by atoms with Crippen molar-refractivity contribution >= 4 is 38.5 Å². The minimum Gasteiger partial charge on any atom is -0.493 e. The molecule has 1 aromatic carbocycles. The van der Waals surface area contributed by atoms with Crippen molar-refractivity contribution in [2.75, 3.05) is 14.2 Å². The first-order chi connectivity index (χ1) is 10.2. The lowest BCUT2D eigenvalue weighted by Gasteiger charge is -2.11. The lowest BCUT2D eigenvalue weighted by molar-refractivity contribution is 0.111. The number of nitrogens with zero attached hydrogens (tertiary/aromatic N) is 2. The minimum atomic E-state index is 0.513. The molecule has 0 bridgehead atoms. The number of aldehydes is 1. The highest BCUT2D eigenvalue weighted by Gasteiger charge is 2.19. The molecule has 0 radical (unpaired) electrons. The molecule has 3 rings (SSSR count). The molecule has 2 aromatic heterocycles. The molecule has 0 aliphatic heterocycles. The van der Waals surface area contributed by atoms with Crippen LogP contribution in [-0.2, 0) is 0 Å². The summed E-state index contributed by atoms with van der Waals surface area (Å²) in [5, 5.41) is 1.89. The van der Waals surface area contributed by atoms with E-state index in [1.807, 2.05) is 17.6 Å². The van der Waals surface area contributed by atoms with Crippen molar-refractivity contribution in [1.29, 1.82) is 0 Å². The van der Waals surface area contributed by atoms with Crippen LogP contribution >= 0.6 is 27.3 Å². The maximum atomic E-state index is 11.4. The Morgan fingerprint density at radius 1 is 1.29 bits per heavy atom. The van der Waals surface area contributed by atoms with Gasteiger partial charge in [0.15, 0.2) is 22.7 Å². The molecule has 0 aliphatic carbocycles. The highest BCUT2D eigenvalue weighted by Crippen LogP contribution is 2.39. The molecular formula is C14H11BrN2O3S. The second-order valence-corrected chi connectivity index (χ2v) is 5.93. The number of imidazole rings is 1. The van der Waals surface area contributed by atoms with E-state index in [9.17, 15) is 4.79 Å². The molecule has 7 heteroatoms. The standard InChI is InChI=1S/C14H11BrN2O3S/c1-19-11-5-8(9(15)6-12(11)20-2)13-10(7-18)17-3-4-21-14(17)16-13/h3-7H,1-2H3. The van der Waals surface area contributed by atoms with Gasteiger partial charge in [0.25, 0.3) is 0 Å². The summed E-state index contributed by atoms with van der Waals surface area (Å²) in [6, 6.07) is 3.61. The van der Waals surface area contributed by atoms with E-state index in [-0.39, 0.29) is 0 Å². The van der Waals surface area contributed by atoms with Gasteiger partial charge in [-0.15, -0.1) is 11.3 Å². The highest BCUT2D eigenvalue weighted by atomic mass is 79.9. The summed E-state index contributed by atoms with van der Waals surface area (Å²) >= 11 is 4.98. The maximum Gasteiger partial charge on any atom is 0.194 e. The molecule has 0 spiro atoms. The fourth-order valence-corrected chi connectivity index (χ4v) is 3.38. The third kappa shape index (κ3) is 2.22. The van der Waals surface area contributed by atoms with E-state index in [4.69, 9.17) is 9.47 Å². The van der Waals surface area contributed by atoms with Crippen LogP contribution in [0.2, 0.25) is 0 Å². The minimum absolute atomic E-state index is 0.513. The van der Waals surface area contributed by atoms with Crippen LogP contribution in [-0.4, -0.2) is 29.9 Å². The van der Waals surface area contributed by atoms with Gasteiger partial charge in [-0.25, -0.2) is 4.98 Å². The van der Waals surface area contributed by atoms with Crippen molar-refractivity contribution in [2.24, 2.45) is 0 Å². The normalized spacial score (nSPS) is 10.8. The Bertz CT molecular complexity index is 825. The molecule has 2 heterocycles. The number of carbonyl (C=O) groups excluding carboxylic acids is 1. The second kappa shape index (κ2) is 5.50. The summed E-state index contributed by atoms with van der Waals surface area (Å²) in [5.41, 5.74) is 1.91. The SMILES string of the molecule is COc1cc(Br)c(-c2nc3sccn3c2C=O)cc1OC. The van der Waals surface area contributed by atoms with Crippen molar-refractivity contribution in [2.45, 2.75) is 0 Å². The first kappa shape index (κ1) is 14.1. The molecule has 108 valence electrons. The van der Waals surface area contributed by atoms with Crippen molar-refractivity contribution < 1.29 is 14.3 Å². The predicted molar refractivity (Wildman–Crippen MR) is 84.7 cm³/mol. The van der Waals surface area contributed by atoms with Crippen LogP contribution in [0.3, 0.4) is 0 Å². The van der Waals surface area contributed by atoms with Gasteiger partial charge in [-0.3, -0.25) is 9.20 Å². The van der Waals surface area contributed by atoms with Crippen molar-refractivity contribution in [3.63, 3.8) is 0 Å². The summed E-state index contributed by atoms with van der Waals surface area (Å²) in [4.78, 5) is 16.7. The largest absolute Gasteiger partial charge is 0.493 e. The van der Waals surface area contributed by atoms with Crippen molar-refractivity contribution in [3.05, 3.63) is 33.9 Å². The number of hydrogen-bond donors (Lipinski definition) is 0. The molecule has 5 nitrogen and oxygen atoms in total. The Morgan fingerprint density at radius 3 is 2.67 bits per heavy atom. The molecule has 0 aliphatic rings. The van der Waals surface area contributed by atoms with E-state index in [1.54, 1.807) is 24.7 Å². The molecule has 0 saturated carbocycles. The van der Waals surface area contributed by atoms with Crippen LogP contribution in [0, 0.1) is 0 Å². The first-order valence-corrected chi connectivity index (χ1v) is 7.69. The van der Waals surface area contributed by atoms with Crippen LogP contribution in [0.25, 0.3) is 16.2 Å². The van der Waals surface area contributed by atoms with Gasteiger partial charge < -0.3 is 9.47 Å². The highest BCUT2D eigenvalue weighted by molar-refractivity contribution is 9.10. The quantitative estimate of drug-likeness (QED) is 0.661. The van der Waals surface area contributed by atoms with Gasteiger partial charge in [0.1, 0.15) is 11.4 Å². The molecule has 3 aromatic rings. The maximum absolute atomic E-state index is 11.4. The Morgan fingerprint density at radius 2 is 2.00 bits per heavy atom. The number of ether oxygens (including phenoxy) is 2. The van der Waals surface area contributed by atoms with E-state index in [0.29, 0.717) is 22.9 Å². The summed E-state index contributed by atoms with van der Waals surface area (Å²) in [6.07, 6.45) is 2.64. The van der Waals surface area contributed by atoms with Gasteiger partial charge in [0.2, 0.25) is 0 Å². The summed E-state index contributed by atoms with van der Waals surface area (Å²) in [5.74, 6) is 1.20. The number of thiazole rings is 1. The molecular weight excluding hydrogens is 356 g/mol.